The van der Waals surface area contributed by atoms with Gasteiger partial charge in [0.15, 0.2) is 0 Å². The second-order valence-corrected chi connectivity index (χ2v) is 9.52. The Bertz CT molecular complexity index is 705. The van der Waals surface area contributed by atoms with Gasteiger partial charge in [-0.3, -0.25) is 0 Å². The van der Waals surface area contributed by atoms with E-state index in [9.17, 15) is 9.90 Å². The summed E-state index contributed by atoms with van der Waals surface area (Å²) in [4.78, 5) is 17.4. The van der Waals surface area contributed by atoms with Crippen molar-refractivity contribution in [2.75, 3.05) is 13.1 Å². The molecule has 1 N–H and O–H groups in total. The minimum absolute atomic E-state index is 0.0609. The average molecular weight is 375 g/mol. The summed E-state index contributed by atoms with van der Waals surface area (Å²) >= 11 is 6.00. The molecular weight excluding hydrogens is 348 g/mol. The second kappa shape index (κ2) is 5.87. The third kappa shape index (κ3) is 2.56. The molecule has 5 heteroatoms. The van der Waals surface area contributed by atoms with Crippen LogP contribution in [0.1, 0.15) is 50.6 Å². The van der Waals surface area contributed by atoms with Gasteiger partial charge in [0.1, 0.15) is 0 Å². The van der Waals surface area contributed by atoms with Gasteiger partial charge >= 0.3 is 6.03 Å². The van der Waals surface area contributed by atoms with Gasteiger partial charge < -0.3 is 14.9 Å². The van der Waals surface area contributed by atoms with Crippen LogP contribution in [0, 0.1) is 17.8 Å². The minimum atomic E-state index is -0.438. The fourth-order valence-corrected chi connectivity index (χ4v) is 6.72. The van der Waals surface area contributed by atoms with Crippen LogP contribution in [-0.4, -0.2) is 45.7 Å². The molecule has 0 radical (unpaired) electrons. The van der Waals surface area contributed by atoms with E-state index < -0.39 is 5.60 Å². The van der Waals surface area contributed by atoms with E-state index in [0.29, 0.717) is 23.8 Å². The van der Waals surface area contributed by atoms with E-state index in [4.69, 9.17) is 11.6 Å². The van der Waals surface area contributed by atoms with E-state index >= 15 is 0 Å². The highest BCUT2D eigenvalue weighted by Gasteiger charge is 2.57. The van der Waals surface area contributed by atoms with Gasteiger partial charge in [-0.1, -0.05) is 23.7 Å². The lowest BCUT2D eigenvalue weighted by Crippen LogP contribution is -2.62. The van der Waals surface area contributed by atoms with E-state index in [1.807, 2.05) is 29.2 Å². The zero-order valence-corrected chi connectivity index (χ0v) is 16.0. The molecule has 4 saturated carbocycles. The maximum Gasteiger partial charge on any atom is 0.320 e. The second-order valence-electron chi connectivity index (χ2n) is 9.08. The predicted molar refractivity (Wildman–Crippen MR) is 101 cm³/mol. The largest absolute Gasteiger partial charge is 0.390 e. The molecule has 1 aromatic rings. The van der Waals surface area contributed by atoms with Crippen LogP contribution in [0.3, 0.4) is 0 Å². The van der Waals surface area contributed by atoms with Crippen LogP contribution in [0.2, 0.25) is 5.02 Å². The lowest BCUT2D eigenvalue weighted by molar-refractivity contribution is -0.152. The molecule has 4 bridgehead atoms. The van der Waals surface area contributed by atoms with Crippen molar-refractivity contribution < 1.29 is 9.90 Å². The summed E-state index contributed by atoms with van der Waals surface area (Å²) < 4.78 is 0. The Morgan fingerprint density at radius 1 is 1.12 bits per heavy atom. The van der Waals surface area contributed by atoms with Gasteiger partial charge in [-0.25, -0.2) is 4.79 Å². The number of halogens is 1. The summed E-state index contributed by atoms with van der Waals surface area (Å²) in [7, 11) is 0. The Morgan fingerprint density at radius 3 is 2.38 bits per heavy atom. The number of hydrogen-bond acceptors (Lipinski definition) is 2. The van der Waals surface area contributed by atoms with Gasteiger partial charge in [0.05, 0.1) is 11.6 Å². The number of hydrogen-bond donors (Lipinski definition) is 1. The first-order chi connectivity index (χ1) is 12.4. The molecule has 140 valence electrons. The fourth-order valence-electron chi connectivity index (χ4n) is 6.59. The van der Waals surface area contributed by atoms with Crippen LogP contribution in [-0.2, 0) is 0 Å². The molecule has 4 nitrogen and oxygen atoms in total. The molecule has 6 atom stereocenters. The Morgan fingerprint density at radius 2 is 1.77 bits per heavy atom. The molecule has 1 saturated heterocycles. The van der Waals surface area contributed by atoms with E-state index in [2.05, 4.69) is 11.8 Å². The molecule has 1 aliphatic heterocycles. The van der Waals surface area contributed by atoms with Crippen LogP contribution in [0.15, 0.2) is 24.3 Å². The Labute approximate surface area is 160 Å². The number of urea groups is 1. The van der Waals surface area contributed by atoms with Crippen molar-refractivity contribution in [2.45, 2.75) is 56.7 Å². The molecule has 1 heterocycles. The van der Waals surface area contributed by atoms with E-state index in [1.165, 1.54) is 12.8 Å². The lowest BCUT2D eigenvalue weighted by atomic mass is 9.52. The molecule has 2 amide bonds. The predicted octanol–water partition coefficient (Wildman–Crippen LogP) is 4.08. The molecule has 3 unspecified atom stereocenters. The molecule has 26 heavy (non-hydrogen) atoms. The third-order valence-electron chi connectivity index (χ3n) is 7.44. The molecule has 4 aliphatic carbocycles. The number of rotatable bonds is 3. The zero-order chi connectivity index (χ0) is 18.1. The molecule has 0 aromatic heterocycles. The van der Waals surface area contributed by atoms with Crippen molar-refractivity contribution in [3.05, 3.63) is 34.9 Å². The van der Waals surface area contributed by atoms with Crippen molar-refractivity contribution in [2.24, 2.45) is 17.8 Å². The van der Waals surface area contributed by atoms with E-state index in [1.54, 1.807) is 0 Å². The Hall–Kier alpha value is -1.26. The number of benzene rings is 1. The summed E-state index contributed by atoms with van der Waals surface area (Å²) in [6, 6.07) is 8.39. The van der Waals surface area contributed by atoms with Crippen molar-refractivity contribution in [3.63, 3.8) is 0 Å². The number of carbonyl (C=O) groups excluding carboxylic acids is 1. The van der Waals surface area contributed by atoms with Crippen molar-refractivity contribution >= 4 is 17.6 Å². The maximum atomic E-state index is 13.3. The van der Waals surface area contributed by atoms with Gasteiger partial charge in [0, 0.05) is 24.2 Å². The number of nitrogens with zero attached hydrogens (tertiary/aromatic N) is 2. The van der Waals surface area contributed by atoms with Crippen LogP contribution in [0.4, 0.5) is 4.79 Å². The van der Waals surface area contributed by atoms with E-state index in [0.717, 1.165) is 42.9 Å². The maximum absolute atomic E-state index is 13.3. The first-order valence-corrected chi connectivity index (χ1v) is 10.4. The van der Waals surface area contributed by atoms with Crippen molar-refractivity contribution in [1.82, 2.24) is 9.80 Å². The standard InChI is InChI=1S/C21H27ClN2O2/c1-13(15-2-4-18(22)5-3-15)23-6-7-24(20(23)25)19-16-8-14-9-17(19)12-21(26,10-14)11-16/h2-5,13-14,16-17,19,26H,6-12H2,1H3/t13-,14?,16-,17+,19?,21?/m0/s1. The Balaban J connectivity index is 1.34. The van der Waals surface area contributed by atoms with Gasteiger partial charge in [-0.15, -0.1) is 0 Å². The first kappa shape index (κ1) is 16.9. The van der Waals surface area contributed by atoms with Gasteiger partial charge in [-0.05, 0) is 74.5 Å². The molecule has 6 rings (SSSR count). The first-order valence-electron chi connectivity index (χ1n) is 9.99. The Kier molecular flexibility index (Phi) is 3.81. The van der Waals surface area contributed by atoms with Gasteiger partial charge in [0.25, 0.3) is 0 Å². The molecule has 5 fully saturated rings. The van der Waals surface area contributed by atoms with E-state index in [-0.39, 0.29) is 12.1 Å². The average Bonchev–Trinajstić information content (AvgIpc) is 2.95. The van der Waals surface area contributed by atoms with Crippen LogP contribution in [0.5, 0.6) is 0 Å². The van der Waals surface area contributed by atoms with Crippen molar-refractivity contribution in [1.29, 1.82) is 0 Å². The quantitative estimate of drug-likeness (QED) is 0.866. The number of aliphatic hydroxyl groups is 1. The summed E-state index contributed by atoms with van der Waals surface area (Å²) in [5.74, 6) is 1.65. The monoisotopic (exact) mass is 374 g/mol. The number of amides is 2. The fraction of sp³-hybridized carbons (Fsp3) is 0.667. The molecule has 0 spiro atoms. The molecule has 5 aliphatic rings. The number of carbonyl (C=O) groups is 1. The summed E-state index contributed by atoms with van der Waals surface area (Å²) in [5, 5.41) is 11.5. The smallest absolute Gasteiger partial charge is 0.320 e. The topological polar surface area (TPSA) is 43.8 Å². The highest BCUT2D eigenvalue weighted by atomic mass is 35.5. The third-order valence-corrected chi connectivity index (χ3v) is 7.70. The molecular formula is C21H27ClN2O2. The summed E-state index contributed by atoms with van der Waals surface area (Å²) in [6.45, 7) is 3.70. The zero-order valence-electron chi connectivity index (χ0n) is 15.3. The highest BCUT2D eigenvalue weighted by Crippen LogP contribution is 2.57. The van der Waals surface area contributed by atoms with Gasteiger partial charge in [0.2, 0.25) is 0 Å². The summed E-state index contributed by atoms with van der Waals surface area (Å²) in [5.41, 5.74) is 0.690. The van der Waals surface area contributed by atoms with Crippen molar-refractivity contribution in [3.8, 4) is 0 Å². The lowest BCUT2D eigenvalue weighted by Gasteiger charge is -2.59. The van der Waals surface area contributed by atoms with Crippen LogP contribution in [0.25, 0.3) is 0 Å². The highest BCUT2D eigenvalue weighted by molar-refractivity contribution is 6.30. The van der Waals surface area contributed by atoms with Crippen LogP contribution >= 0.6 is 11.6 Å². The van der Waals surface area contributed by atoms with Crippen LogP contribution < -0.4 is 0 Å². The SMILES string of the molecule is C[C@@H](c1ccc(Cl)cc1)N1CCN(C2[C@@H]3CC4C[C@H]2CC(O)(C4)C3)C1=O. The molecule has 1 aromatic carbocycles. The minimum Gasteiger partial charge on any atom is -0.390 e. The summed E-state index contributed by atoms with van der Waals surface area (Å²) in [6.07, 6.45) is 5.16. The van der Waals surface area contributed by atoms with Gasteiger partial charge in [-0.2, -0.15) is 0 Å². The normalized spacial score (nSPS) is 39.7.